The van der Waals surface area contributed by atoms with E-state index in [0.29, 0.717) is 41.4 Å². The fraction of sp³-hybridized carbons (Fsp3) is 0.200. The molecule has 0 saturated carbocycles. The Bertz CT molecular complexity index is 1580. The first-order chi connectivity index (χ1) is 17.3. The Morgan fingerprint density at radius 3 is 2.42 bits per heavy atom. The number of H-pyrrole nitrogens is 1. The number of aromatic amines is 1. The number of methoxy groups -OCH3 is 1. The van der Waals surface area contributed by atoms with E-state index in [9.17, 15) is 18.0 Å². The Balaban J connectivity index is 1.52. The van der Waals surface area contributed by atoms with Gasteiger partial charge in [0.1, 0.15) is 19.0 Å². The van der Waals surface area contributed by atoms with Crippen LogP contribution in [-0.4, -0.2) is 44.0 Å². The zero-order chi connectivity index (χ0) is 25.3. The summed E-state index contributed by atoms with van der Waals surface area (Å²) in [4.78, 5) is 27.4. The second kappa shape index (κ2) is 9.51. The predicted molar refractivity (Wildman–Crippen MR) is 128 cm³/mol. The van der Waals surface area contributed by atoms with Crippen molar-refractivity contribution in [3.8, 4) is 11.5 Å². The van der Waals surface area contributed by atoms with Crippen LogP contribution in [0.5, 0.6) is 11.5 Å². The maximum atomic E-state index is 13.6. The van der Waals surface area contributed by atoms with Gasteiger partial charge in [0.25, 0.3) is 5.56 Å². The summed E-state index contributed by atoms with van der Waals surface area (Å²) in [6.07, 6.45) is 1.44. The van der Waals surface area contributed by atoms with Crippen molar-refractivity contribution in [1.82, 2.24) is 9.29 Å². The second-order valence-corrected chi connectivity index (χ2v) is 10.0. The Morgan fingerprint density at radius 2 is 1.75 bits per heavy atom. The minimum Gasteiger partial charge on any atom is -0.486 e. The number of pyridine rings is 1. The van der Waals surface area contributed by atoms with Gasteiger partial charge in [-0.05, 0) is 48.5 Å². The molecule has 2 aromatic heterocycles. The summed E-state index contributed by atoms with van der Waals surface area (Å²) < 4.78 is 49.6. The topological polar surface area (TPSA) is 128 Å². The molecule has 0 saturated heterocycles. The Hall–Kier alpha value is -4.09. The highest BCUT2D eigenvalue weighted by atomic mass is 32.2. The summed E-state index contributed by atoms with van der Waals surface area (Å²) in [6.45, 7) is 0.508. The number of carbonyl (C=O) groups excluding carboxylic acids is 1. The van der Waals surface area contributed by atoms with Gasteiger partial charge in [0.15, 0.2) is 11.5 Å². The highest BCUT2D eigenvalue weighted by Gasteiger charge is 2.27. The summed E-state index contributed by atoms with van der Waals surface area (Å²) in [5, 5.41) is 0.673. The van der Waals surface area contributed by atoms with Gasteiger partial charge in [-0.2, -0.15) is 4.31 Å². The normalized spacial score (nSPS) is 13.2. The van der Waals surface area contributed by atoms with Crippen LogP contribution in [0.1, 0.15) is 21.7 Å². The molecule has 10 nitrogen and oxygen atoms in total. The van der Waals surface area contributed by atoms with Gasteiger partial charge in [0.2, 0.25) is 10.0 Å². The average Bonchev–Trinajstić information content (AvgIpc) is 3.40. The molecule has 186 valence electrons. The number of hydrogen-bond acceptors (Lipinski definition) is 8. The smallest absolute Gasteiger partial charge is 0.337 e. The Kier molecular flexibility index (Phi) is 6.25. The fourth-order valence-corrected chi connectivity index (χ4v) is 5.31. The van der Waals surface area contributed by atoms with E-state index in [1.165, 1.54) is 37.6 Å². The van der Waals surface area contributed by atoms with E-state index in [2.05, 4.69) is 9.72 Å². The molecule has 3 heterocycles. The van der Waals surface area contributed by atoms with Crippen LogP contribution in [0.2, 0.25) is 0 Å². The number of carbonyl (C=O) groups is 1. The number of benzene rings is 2. The van der Waals surface area contributed by atoms with Gasteiger partial charge >= 0.3 is 5.97 Å². The first-order valence-electron chi connectivity index (χ1n) is 11.0. The molecule has 36 heavy (non-hydrogen) atoms. The van der Waals surface area contributed by atoms with Crippen LogP contribution >= 0.6 is 0 Å². The number of ether oxygens (including phenoxy) is 3. The summed E-state index contributed by atoms with van der Waals surface area (Å²) in [7, 11) is -2.84. The van der Waals surface area contributed by atoms with Crippen LogP contribution in [0.25, 0.3) is 10.9 Å². The third-order valence-corrected chi connectivity index (χ3v) is 7.56. The summed E-state index contributed by atoms with van der Waals surface area (Å²) in [5.41, 5.74) is 0.571. The van der Waals surface area contributed by atoms with Gasteiger partial charge in [-0.3, -0.25) is 4.79 Å². The molecule has 1 aliphatic heterocycles. The third kappa shape index (κ3) is 4.58. The van der Waals surface area contributed by atoms with Crippen LogP contribution in [-0.2, 0) is 27.8 Å². The Labute approximate surface area is 206 Å². The second-order valence-electron chi connectivity index (χ2n) is 8.08. The number of sulfonamides is 1. The van der Waals surface area contributed by atoms with E-state index in [-0.39, 0.29) is 29.1 Å². The highest BCUT2D eigenvalue weighted by molar-refractivity contribution is 7.89. The lowest BCUT2D eigenvalue weighted by atomic mass is 10.1. The van der Waals surface area contributed by atoms with Gasteiger partial charge < -0.3 is 23.6 Å². The van der Waals surface area contributed by atoms with Gasteiger partial charge in [-0.1, -0.05) is 0 Å². The van der Waals surface area contributed by atoms with Crippen molar-refractivity contribution in [2.24, 2.45) is 0 Å². The van der Waals surface area contributed by atoms with Gasteiger partial charge in [0, 0.05) is 23.6 Å². The molecule has 0 radical (unpaired) electrons. The standard InChI is InChI=1S/C25H22N2O8S/c1-32-25(29)16-4-6-20(7-5-16)36(30,31)27(15-19-3-2-8-33-19)14-18-11-17-12-22-23(35-10-9-34-22)13-21(17)26-24(18)28/h2-8,11-13H,9-10,14-15H2,1H3,(H,26,28). The lowest BCUT2D eigenvalue weighted by molar-refractivity contribution is 0.0600. The molecular formula is C25H22N2O8S. The van der Waals surface area contributed by atoms with Crippen molar-refractivity contribution >= 4 is 26.9 Å². The third-order valence-electron chi connectivity index (χ3n) is 5.76. The molecule has 0 unspecified atom stereocenters. The molecule has 0 spiro atoms. The van der Waals surface area contributed by atoms with Crippen LogP contribution in [0, 0.1) is 0 Å². The maximum Gasteiger partial charge on any atom is 0.337 e. The number of nitrogens with one attached hydrogen (secondary N) is 1. The first kappa shape index (κ1) is 23.6. The number of nitrogens with zero attached hydrogens (tertiary/aromatic N) is 1. The molecule has 0 bridgehead atoms. The van der Waals surface area contributed by atoms with Crippen molar-refractivity contribution < 1.29 is 31.8 Å². The first-order valence-corrected chi connectivity index (χ1v) is 12.5. The maximum absolute atomic E-state index is 13.6. The monoisotopic (exact) mass is 510 g/mol. The van der Waals surface area contributed by atoms with Gasteiger partial charge in [0.05, 0.1) is 35.9 Å². The SMILES string of the molecule is COC(=O)c1ccc(S(=O)(=O)N(Cc2ccco2)Cc2cc3cc4c(cc3[nH]c2=O)OCCO4)cc1. The van der Waals surface area contributed by atoms with Crippen molar-refractivity contribution in [2.45, 2.75) is 18.0 Å². The van der Waals surface area contributed by atoms with E-state index in [1.54, 1.807) is 30.3 Å². The molecule has 1 N–H and O–H groups in total. The molecule has 11 heteroatoms. The zero-order valence-corrected chi connectivity index (χ0v) is 20.0. The minimum atomic E-state index is -4.09. The lowest BCUT2D eigenvalue weighted by Crippen LogP contribution is -2.32. The van der Waals surface area contributed by atoms with Gasteiger partial charge in [-0.15, -0.1) is 0 Å². The quantitative estimate of drug-likeness (QED) is 0.376. The molecule has 2 aromatic carbocycles. The molecule has 5 rings (SSSR count). The fourth-order valence-electron chi connectivity index (χ4n) is 3.93. The molecular weight excluding hydrogens is 488 g/mol. The van der Waals surface area contributed by atoms with E-state index >= 15 is 0 Å². The van der Waals surface area contributed by atoms with Crippen LogP contribution < -0.4 is 15.0 Å². The van der Waals surface area contributed by atoms with E-state index in [4.69, 9.17) is 13.9 Å². The largest absolute Gasteiger partial charge is 0.486 e. The van der Waals surface area contributed by atoms with Crippen molar-refractivity contribution in [2.75, 3.05) is 20.3 Å². The number of furan rings is 1. The van der Waals surface area contributed by atoms with E-state index in [0.717, 1.165) is 4.31 Å². The van der Waals surface area contributed by atoms with E-state index < -0.39 is 21.6 Å². The number of aromatic nitrogens is 1. The van der Waals surface area contributed by atoms with Gasteiger partial charge in [-0.25, -0.2) is 13.2 Å². The highest BCUT2D eigenvalue weighted by Crippen LogP contribution is 2.34. The summed E-state index contributed by atoms with van der Waals surface area (Å²) >= 11 is 0. The van der Waals surface area contributed by atoms with Crippen LogP contribution in [0.3, 0.4) is 0 Å². The summed E-state index contributed by atoms with van der Waals surface area (Å²) in [6, 6.07) is 13.8. The minimum absolute atomic E-state index is 0.0430. The molecule has 0 amide bonds. The average molecular weight is 511 g/mol. The number of esters is 1. The molecule has 0 aliphatic carbocycles. The van der Waals surface area contributed by atoms with Crippen molar-refractivity contribution in [1.29, 1.82) is 0 Å². The van der Waals surface area contributed by atoms with Crippen LogP contribution in [0.15, 0.2) is 75.0 Å². The summed E-state index contributed by atoms with van der Waals surface area (Å²) in [5.74, 6) is 0.916. The molecule has 1 aliphatic rings. The predicted octanol–water partition coefficient (Wildman–Crippen LogP) is 3.07. The lowest BCUT2D eigenvalue weighted by Gasteiger charge is -2.22. The van der Waals surface area contributed by atoms with Crippen molar-refractivity contribution in [3.63, 3.8) is 0 Å². The van der Waals surface area contributed by atoms with Crippen molar-refractivity contribution in [3.05, 3.63) is 88.1 Å². The number of hydrogen-bond donors (Lipinski definition) is 1. The van der Waals surface area contributed by atoms with E-state index in [1.807, 2.05) is 0 Å². The number of fused-ring (bicyclic) bond motifs is 2. The molecule has 0 atom stereocenters. The molecule has 4 aromatic rings. The number of rotatable bonds is 7. The molecule has 0 fully saturated rings. The Morgan fingerprint density at radius 1 is 1.03 bits per heavy atom. The zero-order valence-electron chi connectivity index (χ0n) is 19.2. The van der Waals surface area contributed by atoms with Crippen LogP contribution in [0.4, 0.5) is 0 Å².